The third-order valence-corrected chi connectivity index (χ3v) is 8.87. The van der Waals surface area contributed by atoms with Gasteiger partial charge in [0.1, 0.15) is 28.5 Å². The molecule has 3 aromatic carbocycles. The molecule has 0 unspecified atom stereocenters. The molecule has 3 aromatic heterocycles. The Balaban J connectivity index is 1.54. The van der Waals surface area contributed by atoms with Gasteiger partial charge >= 0.3 is 10.1 Å². The summed E-state index contributed by atoms with van der Waals surface area (Å²) in [5.74, 6) is -0.414. The second-order valence-electron chi connectivity index (χ2n) is 10.5. The minimum Gasteiger partial charge on any atom is -0.455 e. The van der Waals surface area contributed by atoms with Crippen molar-refractivity contribution in [3.05, 3.63) is 84.2 Å². The summed E-state index contributed by atoms with van der Waals surface area (Å²) in [5, 5.41) is 3.03. The number of nitrogens with zero attached hydrogens (tertiary/aromatic N) is 3. The van der Waals surface area contributed by atoms with Crippen LogP contribution in [0.1, 0.15) is 10.4 Å². The van der Waals surface area contributed by atoms with Gasteiger partial charge in [0.15, 0.2) is 5.65 Å². The number of nitrogens with one attached hydrogen (secondary N) is 2. The highest BCUT2D eigenvalue weighted by atomic mass is 32.2. The van der Waals surface area contributed by atoms with Crippen molar-refractivity contribution in [1.82, 2.24) is 20.3 Å². The van der Waals surface area contributed by atoms with Crippen molar-refractivity contribution < 1.29 is 34.6 Å². The van der Waals surface area contributed by atoms with E-state index in [1.54, 1.807) is 42.5 Å². The molecule has 0 aliphatic heterocycles. The van der Waals surface area contributed by atoms with E-state index >= 15 is 0 Å². The zero-order chi connectivity index (χ0) is 33.0. The lowest BCUT2D eigenvalue weighted by atomic mass is 9.97. The van der Waals surface area contributed by atoms with Crippen LogP contribution in [-0.4, -0.2) is 64.3 Å². The predicted octanol–water partition coefficient (Wildman–Crippen LogP) is 4.94. The molecule has 0 atom stereocenters. The Morgan fingerprint density at radius 3 is 2.33 bits per heavy atom. The van der Waals surface area contributed by atoms with Crippen molar-refractivity contribution in [2.75, 3.05) is 30.9 Å². The van der Waals surface area contributed by atoms with E-state index in [4.69, 9.17) is 8.60 Å². The van der Waals surface area contributed by atoms with Gasteiger partial charge in [0.25, 0.3) is 5.91 Å². The molecule has 0 aliphatic carbocycles. The quantitative estimate of drug-likeness (QED) is 0.215. The van der Waals surface area contributed by atoms with Crippen LogP contribution in [0, 0.1) is 5.82 Å². The smallest absolute Gasteiger partial charge is 0.307 e. The molecule has 0 bridgehead atoms. The summed E-state index contributed by atoms with van der Waals surface area (Å²) in [6, 6.07) is 18.8. The molecule has 0 fully saturated rings. The van der Waals surface area contributed by atoms with Gasteiger partial charge in [-0.05, 0) is 48.0 Å². The van der Waals surface area contributed by atoms with E-state index < -0.39 is 31.9 Å². The Morgan fingerprint density at radius 1 is 0.935 bits per heavy atom. The first-order chi connectivity index (χ1) is 21.7. The summed E-state index contributed by atoms with van der Waals surface area (Å²) < 4.78 is 74.4. The molecule has 2 N–H and O–H groups in total. The molecule has 12 nitrogen and oxygen atoms in total. The molecular weight excluding hydrogens is 638 g/mol. The lowest BCUT2D eigenvalue weighted by molar-refractivity contribution is 0.0964. The number of benzene rings is 3. The number of pyridine rings is 1. The highest BCUT2D eigenvalue weighted by molar-refractivity contribution is 7.92. The van der Waals surface area contributed by atoms with E-state index in [0.717, 1.165) is 16.8 Å². The van der Waals surface area contributed by atoms with Crippen molar-refractivity contribution >= 4 is 53.9 Å². The fourth-order valence-electron chi connectivity index (χ4n) is 5.01. The van der Waals surface area contributed by atoms with Crippen LogP contribution in [0.25, 0.3) is 56.0 Å². The number of halogens is 1. The Bertz CT molecular complexity index is 2390. The van der Waals surface area contributed by atoms with Gasteiger partial charge in [-0.25, -0.2) is 17.8 Å². The van der Waals surface area contributed by atoms with Gasteiger partial charge < -0.3 is 18.9 Å². The predicted molar refractivity (Wildman–Crippen MR) is 172 cm³/mol. The maximum absolute atomic E-state index is 13.7. The molecule has 236 valence electrons. The summed E-state index contributed by atoms with van der Waals surface area (Å²) in [6.07, 6.45) is 1.99. The minimum absolute atomic E-state index is 0.118. The van der Waals surface area contributed by atoms with Crippen LogP contribution in [-0.2, 0) is 20.1 Å². The van der Waals surface area contributed by atoms with Crippen LogP contribution in [0.15, 0.2) is 77.2 Å². The van der Waals surface area contributed by atoms with E-state index in [1.807, 2.05) is 0 Å². The number of sulfonamides is 1. The number of amides is 1. The number of rotatable bonds is 8. The molecule has 0 spiro atoms. The van der Waals surface area contributed by atoms with Crippen LogP contribution in [0.3, 0.4) is 0 Å². The van der Waals surface area contributed by atoms with Crippen LogP contribution >= 0.6 is 0 Å². The van der Waals surface area contributed by atoms with Crippen molar-refractivity contribution in [3.8, 4) is 39.7 Å². The van der Waals surface area contributed by atoms with E-state index in [0.29, 0.717) is 44.6 Å². The van der Waals surface area contributed by atoms with Gasteiger partial charge in [0.05, 0.1) is 23.8 Å². The maximum Gasteiger partial charge on any atom is 0.307 e. The Labute approximate surface area is 263 Å². The first-order valence-corrected chi connectivity index (χ1v) is 17.3. The van der Waals surface area contributed by atoms with Crippen molar-refractivity contribution in [1.29, 1.82) is 0 Å². The number of furan rings is 1. The largest absolute Gasteiger partial charge is 0.455 e. The number of fused-ring (bicyclic) bond motifs is 2. The number of aromatic amines is 1. The number of hydrogen-bond donors (Lipinski definition) is 2. The zero-order valence-corrected chi connectivity index (χ0v) is 26.5. The Kier molecular flexibility index (Phi) is 7.52. The highest BCUT2D eigenvalue weighted by Crippen LogP contribution is 2.42. The molecule has 6 rings (SSSR count). The fraction of sp³-hybridized carbons (Fsp3) is 0.129. The number of aromatic nitrogens is 3. The number of anilines is 1. The van der Waals surface area contributed by atoms with E-state index in [2.05, 4.69) is 20.3 Å². The average Bonchev–Trinajstić information content (AvgIpc) is 3.60. The average molecular weight is 664 g/mol. The lowest BCUT2D eigenvalue weighted by Gasteiger charge is -2.21. The number of carbonyl (C=O) groups is 1. The first kappa shape index (κ1) is 30.7. The lowest BCUT2D eigenvalue weighted by Crippen LogP contribution is -2.25. The number of hydrogen-bond acceptors (Lipinski definition) is 9. The molecular formula is C31H26FN5O7S2. The topological polar surface area (TPSA) is 165 Å². The monoisotopic (exact) mass is 663 g/mol. The summed E-state index contributed by atoms with van der Waals surface area (Å²) in [5.41, 5.74) is 3.61. The summed E-state index contributed by atoms with van der Waals surface area (Å²) in [4.78, 5) is 25.0. The van der Waals surface area contributed by atoms with Crippen LogP contribution in [0.4, 0.5) is 10.1 Å². The zero-order valence-electron chi connectivity index (χ0n) is 24.8. The number of carbonyl (C=O) groups excluding carboxylic acids is 1. The van der Waals surface area contributed by atoms with Crippen molar-refractivity contribution in [2.24, 2.45) is 0 Å². The van der Waals surface area contributed by atoms with Crippen LogP contribution in [0.2, 0.25) is 0 Å². The van der Waals surface area contributed by atoms with Gasteiger partial charge in [-0.2, -0.15) is 13.4 Å². The molecule has 1 amide bonds. The standard InChI is InChI=1S/C31H26FN5O7S2/c1-33-31(38)27-22-15-21(24(37(2)45(3,39)40)16-25(22)43-28(27)17-8-10-20(32)11-9-17)18-6-5-7-19(14-18)29-34-23-12-13-26(35-30(23)36-29)44-46(4,41)42/h5-16H,1-4H3,(H,33,38)(H,34,35,36). The molecule has 15 heteroatoms. The van der Waals surface area contributed by atoms with Gasteiger partial charge in [-0.15, -0.1) is 0 Å². The van der Waals surface area contributed by atoms with Gasteiger partial charge in [0, 0.05) is 48.3 Å². The van der Waals surface area contributed by atoms with Gasteiger partial charge in [-0.3, -0.25) is 9.10 Å². The van der Waals surface area contributed by atoms with Crippen molar-refractivity contribution in [2.45, 2.75) is 0 Å². The molecule has 0 aliphatic rings. The highest BCUT2D eigenvalue weighted by Gasteiger charge is 2.26. The normalized spacial score (nSPS) is 12.0. The molecule has 0 saturated heterocycles. The van der Waals surface area contributed by atoms with Gasteiger partial charge in [0.2, 0.25) is 15.9 Å². The first-order valence-electron chi connectivity index (χ1n) is 13.6. The molecule has 0 radical (unpaired) electrons. The maximum atomic E-state index is 13.7. The van der Waals surface area contributed by atoms with Crippen LogP contribution in [0.5, 0.6) is 5.88 Å². The molecule has 6 aromatic rings. The second-order valence-corrected chi connectivity index (χ2v) is 14.0. The third-order valence-electron chi connectivity index (χ3n) is 7.20. The SMILES string of the molecule is CNC(=O)c1c(-c2ccc(F)cc2)oc2cc(N(C)S(C)(=O)=O)c(-c3cccc(-c4nc5ccc(OS(C)(=O)=O)nc5[nH]4)c3)cc12. The van der Waals surface area contributed by atoms with Gasteiger partial charge in [-0.1, -0.05) is 18.2 Å². The minimum atomic E-state index is -3.78. The second kappa shape index (κ2) is 11.3. The van der Waals surface area contributed by atoms with E-state index in [-0.39, 0.29) is 28.5 Å². The van der Waals surface area contributed by atoms with E-state index in [9.17, 15) is 26.0 Å². The van der Waals surface area contributed by atoms with Crippen LogP contribution < -0.4 is 13.8 Å². The molecule has 46 heavy (non-hydrogen) atoms. The number of imidazole rings is 1. The molecule has 3 heterocycles. The summed E-state index contributed by atoms with van der Waals surface area (Å²) in [6.45, 7) is 0. The Morgan fingerprint density at radius 2 is 1.65 bits per heavy atom. The third kappa shape index (κ3) is 5.89. The molecule has 0 saturated carbocycles. The van der Waals surface area contributed by atoms with E-state index in [1.165, 1.54) is 44.4 Å². The summed E-state index contributed by atoms with van der Waals surface area (Å²) in [7, 11) is -4.64. The Hall–Kier alpha value is -5.28. The van der Waals surface area contributed by atoms with Crippen molar-refractivity contribution in [3.63, 3.8) is 0 Å². The number of H-pyrrole nitrogens is 1. The summed E-state index contributed by atoms with van der Waals surface area (Å²) >= 11 is 0. The fourth-order valence-corrected chi connectivity index (χ4v) is 5.92.